The van der Waals surface area contributed by atoms with E-state index in [-0.39, 0.29) is 5.41 Å². The number of thiazole rings is 1. The molecule has 14 heavy (non-hydrogen) atoms. The van der Waals surface area contributed by atoms with Gasteiger partial charge in [0.25, 0.3) is 0 Å². The van der Waals surface area contributed by atoms with Crippen LogP contribution >= 0.6 is 11.3 Å². The lowest BCUT2D eigenvalue weighted by molar-refractivity contribution is 0.536. The van der Waals surface area contributed by atoms with Gasteiger partial charge in [0.1, 0.15) is 5.01 Å². The van der Waals surface area contributed by atoms with Crippen molar-refractivity contribution < 1.29 is 0 Å². The van der Waals surface area contributed by atoms with E-state index < -0.39 is 0 Å². The standard InChI is InChI=1S/C11H14N2S/c1-11(2,7-12)10-13-8-5-3-4-6-9(8)14-10/h3-6H,7,12H2,1-2H3. The van der Waals surface area contributed by atoms with Crippen LogP contribution in [0.3, 0.4) is 0 Å². The third-order valence-electron chi connectivity index (χ3n) is 2.38. The lowest BCUT2D eigenvalue weighted by Crippen LogP contribution is -2.27. The van der Waals surface area contributed by atoms with E-state index in [0.717, 1.165) is 10.5 Å². The zero-order valence-corrected chi connectivity index (χ0v) is 9.27. The number of nitrogens with two attached hydrogens (primary N) is 1. The van der Waals surface area contributed by atoms with Crippen molar-refractivity contribution in [3.63, 3.8) is 0 Å². The molecule has 0 fully saturated rings. The number of fused-ring (bicyclic) bond motifs is 1. The Hall–Kier alpha value is -0.930. The molecule has 74 valence electrons. The average molecular weight is 206 g/mol. The van der Waals surface area contributed by atoms with Crippen LogP contribution in [-0.4, -0.2) is 11.5 Å². The lowest BCUT2D eigenvalue weighted by Gasteiger charge is -2.18. The van der Waals surface area contributed by atoms with Crippen molar-refractivity contribution in [1.82, 2.24) is 4.98 Å². The van der Waals surface area contributed by atoms with Gasteiger partial charge in [0, 0.05) is 12.0 Å². The molecule has 1 heterocycles. The molecule has 0 aliphatic carbocycles. The van der Waals surface area contributed by atoms with Crippen LogP contribution in [0.5, 0.6) is 0 Å². The molecule has 1 aromatic heterocycles. The second-order valence-corrected chi connectivity index (χ2v) is 5.11. The predicted octanol–water partition coefficient (Wildman–Crippen LogP) is 2.53. The summed E-state index contributed by atoms with van der Waals surface area (Å²) in [6.07, 6.45) is 0. The topological polar surface area (TPSA) is 38.9 Å². The van der Waals surface area contributed by atoms with Gasteiger partial charge in [-0.2, -0.15) is 0 Å². The van der Waals surface area contributed by atoms with E-state index in [4.69, 9.17) is 5.73 Å². The largest absolute Gasteiger partial charge is 0.330 e. The Balaban J connectivity index is 2.55. The molecule has 0 unspecified atom stereocenters. The third kappa shape index (κ3) is 1.53. The van der Waals surface area contributed by atoms with Crippen LogP contribution in [0.2, 0.25) is 0 Å². The molecule has 0 atom stereocenters. The summed E-state index contributed by atoms with van der Waals surface area (Å²) in [5, 5.41) is 1.13. The highest BCUT2D eigenvalue weighted by Crippen LogP contribution is 2.30. The van der Waals surface area contributed by atoms with Crippen molar-refractivity contribution >= 4 is 21.6 Å². The number of rotatable bonds is 2. The van der Waals surface area contributed by atoms with E-state index >= 15 is 0 Å². The van der Waals surface area contributed by atoms with Gasteiger partial charge < -0.3 is 5.73 Å². The Morgan fingerprint density at radius 2 is 2.07 bits per heavy atom. The van der Waals surface area contributed by atoms with Gasteiger partial charge in [-0.3, -0.25) is 0 Å². The molecule has 2 aromatic rings. The molecular formula is C11H14N2S. The number of hydrogen-bond donors (Lipinski definition) is 1. The zero-order chi connectivity index (χ0) is 10.2. The van der Waals surface area contributed by atoms with Crippen LogP contribution in [-0.2, 0) is 5.41 Å². The van der Waals surface area contributed by atoms with Crippen LogP contribution in [0.25, 0.3) is 10.2 Å². The van der Waals surface area contributed by atoms with Crippen LogP contribution in [0.4, 0.5) is 0 Å². The lowest BCUT2D eigenvalue weighted by atomic mass is 9.95. The molecule has 2 nitrogen and oxygen atoms in total. The minimum absolute atomic E-state index is 0.0102. The number of para-hydroxylation sites is 1. The summed E-state index contributed by atoms with van der Waals surface area (Å²) in [4.78, 5) is 4.59. The minimum Gasteiger partial charge on any atom is -0.330 e. The Bertz CT molecular complexity index is 412. The zero-order valence-electron chi connectivity index (χ0n) is 8.45. The van der Waals surface area contributed by atoms with E-state index in [2.05, 4.69) is 24.9 Å². The molecule has 0 amide bonds. The second-order valence-electron chi connectivity index (χ2n) is 4.07. The Kier molecular flexibility index (Phi) is 2.29. The first-order valence-corrected chi connectivity index (χ1v) is 5.51. The maximum absolute atomic E-state index is 5.73. The first kappa shape index (κ1) is 9.62. The molecule has 2 N–H and O–H groups in total. The van der Waals surface area contributed by atoms with Crippen LogP contribution in [0, 0.1) is 0 Å². The van der Waals surface area contributed by atoms with Crippen LogP contribution < -0.4 is 5.73 Å². The summed E-state index contributed by atoms with van der Waals surface area (Å²) in [5.41, 5.74) is 6.79. The molecule has 0 saturated carbocycles. The summed E-state index contributed by atoms with van der Waals surface area (Å²) >= 11 is 1.74. The van der Waals surface area contributed by atoms with Crippen molar-refractivity contribution in [2.45, 2.75) is 19.3 Å². The molecule has 0 saturated heterocycles. The summed E-state index contributed by atoms with van der Waals surface area (Å²) in [7, 11) is 0. The fraction of sp³-hybridized carbons (Fsp3) is 0.364. The normalized spacial score (nSPS) is 12.2. The molecule has 1 aromatic carbocycles. The molecule has 0 aliphatic heterocycles. The summed E-state index contributed by atoms with van der Waals surface area (Å²) in [6.45, 7) is 4.89. The summed E-state index contributed by atoms with van der Waals surface area (Å²) < 4.78 is 1.24. The summed E-state index contributed by atoms with van der Waals surface area (Å²) in [5.74, 6) is 0. The number of hydrogen-bond acceptors (Lipinski definition) is 3. The van der Waals surface area contributed by atoms with Gasteiger partial charge in [0.15, 0.2) is 0 Å². The van der Waals surface area contributed by atoms with Gasteiger partial charge in [-0.1, -0.05) is 26.0 Å². The molecule has 3 heteroatoms. The Morgan fingerprint density at radius 1 is 1.36 bits per heavy atom. The predicted molar refractivity (Wildman–Crippen MR) is 61.7 cm³/mol. The average Bonchev–Trinajstić information content (AvgIpc) is 2.61. The highest BCUT2D eigenvalue weighted by Gasteiger charge is 2.22. The van der Waals surface area contributed by atoms with Gasteiger partial charge in [0.05, 0.1) is 10.2 Å². The molecule has 0 bridgehead atoms. The van der Waals surface area contributed by atoms with E-state index in [1.807, 2.05) is 18.2 Å². The summed E-state index contributed by atoms with van der Waals surface area (Å²) in [6, 6.07) is 8.20. The maximum Gasteiger partial charge on any atom is 0.101 e. The van der Waals surface area contributed by atoms with E-state index in [1.165, 1.54) is 4.70 Å². The fourth-order valence-electron chi connectivity index (χ4n) is 1.25. The van der Waals surface area contributed by atoms with Crippen molar-refractivity contribution in [2.75, 3.05) is 6.54 Å². The molecule has 0 aliphatic rings. The van der Waals surface area contributed by atoms with Gasteiger partial charge in [-0.25, -0.2) is 4.98 Å². The SMILES string of the molecule is CC(C)(CN)c1nc2ccccc2s1. The van der Waals surface area contributed by atoms with Gasteiger partial charge in [-0.15, -0.1) is 11.3 Å². The van der Waals surface area contributed by atoms with E-state index in [0.29, 0.717) is 6.54 Å². The van der Waals surface area contributed by atoms with Crippen molar-refractivity contribution in [1.29, 1.82) is 0 Å². The van der Waals surface area contributed by atoms with Gasteiger partial charge >= 0.3 is 0 Å². The van der Waals surface area contributed by atoms with E-state index in [1.54, 1.807) is 11.3 Å². The van der Waals surface area contributed by atoms with Crippen LogP contribution in [0.1, 0.15) is 18.9 Å². The highest BCUT2D eigenvalue weighted by molar-refractivity contribution is 7.18. The van der Waals surface area contributed by atoms with Crippen molar-refractivity contribution in [3.8, 4) is 0 Å². The highest BCUT2D eigenvalue weighted by atomic mass is 32.1. The first-order valence-electron chi connectivity index (χ1n) is 4.69. The first-order chi connectivity index (χ1) is 6.63. The monoisotopic (exact) mass is 206 g/mol. The Labute approximate surface area is 87.8 Å². The molecule has 0 spiro atoms. The van der Waals surface area contributed by atoms with Gasteiger partial charge in [0.2, 0.25) is 0 Å². The smallest absolute Gasteiger partial charge is 0.101 e. The number of nitrogens with zero attached hydrogens (tertiary/aromatic N) is 1. The maximum atomic E-state index is 5.73. The van der Waals surface area contributed by atoms with Gasteiger partial charge in [-0.05, 0) is 12.1 Å². The molecule has 2 rings (SSSR count). The minimum atomic E-state index is -0.0102. The second kappa shape index (κ2) is 3.33. The van der Waals surface area contributed by atoms with E-state index in [9.17, 15) is 0 Å². The number of aromatic nitrogens is 1. The molecular weight excluding hydrogens is 192 g/mol. The van der Waals surface area contributed by atoms with Crippen LogP contribution in [0.15, 0.2) is 24.3 Å². The fourth-order valence-corrected chi connectivity index (χ4v) is 2.33. The Morgan fingerprint density at radius 3 is 2.71 bits per heavy atom. The molecule has 0 radical (unpaired) electrons. The number of benzene rings is 1. The third-order valence-corrected chi connectivity index (χ3v) is 3.79. The van der Waals surface area contributed by atoms with Crippen molar-refractivity contribution in [2.24, 2.45) is 5.73 Å². The van der Waals surface area contributed by atoms with Crippen molar-refractivity contribution in [3.05, 3.63) is 29.3 Å². The quantitative estimate of drug-likeness (QED) is 0.820.